The van der Waals surface area contributed by atoms with Crippen LogP contribution in [0.25, 0.3) is 28.2 Å². The van der Waals surface area contributed by atoms with Gasteiger partial charge in [-0.05, 0) is 68.9 Å². The fourth-order valence-corrected chi connectivity index (χ4v) is 5.51. The Labute approximate surface area is 196 Å². The molecule has 0 amide bonds. The lowest BCUT2D eigenvalue weighted by Gasteiger charge is -2.24. The van der Waals surface area contributed by atoms with E-state index < -0.39 is 0 Å². The number of imidazole rings is 1. The Balaban J connectivity index is 1.48. The Morgan fingerprint density at radius 3 is 2.58 bits per heavy atom. The van der Waals surface area contributed by atoms with E-state index in [9.17, 15) is 4.39 Å². The first-order valence-corrected chi connectivity index (χ1v) is 11.6. The van der Waals surface area contributed by atoms with Gasteiger partial charge in [0, 0.05) is 42.5 Å². The van der Waals surface area contributed by atoms with Gasteiger partial charge in [-0.1, -0.05) is 11.6 Å². The predicted molar refractivity (Wildman–Crippen MR) is 128 cm³/mol. The van der Waals surface area contributed by atoms with Gasteiger partial charge in [0.25, 0.3) is 0 Å². The highest BCUT2D eigenvalue weighted by Gasteiger charge is 2.42. The number of likely N-dealkylation sites (tertiary alicyclic amines) is 1. The van der Waals surface area contributed by atoms with E-state index in [4.69, 9.17) is 21.6 Å². The number of hydrogen-bond acceptors (Lipinski definition) is 5. The molecule has 0 radical (unpaired) electrons. The van der Waals surface area contributed by atoms with Crippen molar-refractivity contribution >= 4 is 28.6 Å². The number of hydrogen-bond donors (Lipinski definition) is 0. The fraction of sp³-hybridized carbons (Fsp3) is 0.320. The zero-order valence-electron chi connectivity index (χ0n) is 18.4. The summed E-state index contributed by atoms with van der Waals surface area (Å²) < 4.78 is 16.7. The number of rotatable bonds is 3. The second-order valence-electron chi connectivity index (χ2n) is 9.27. The molecule has 6 rings (SSSR count). The average molecular weight is 463 g/mol. The molecule has 33 heavy (non-hydrogen) atoms. The van der Waals surface area contributed by atoms with E-state index in [1.807, 2.05) is 28.8 Å². The zero-order valence-corrected chi connectivity index (χ0v) is 19.1. The van der Waals surface area contributed by atoms with Gasteiger partial charge in [-0.15, -0.1) is 0 Å². The summed E-state index contributed by atoms with van der Waals surface area (Å²) in [5, 5.41) is 0.456. The minimum atomic E-state index is -0.378. The molecule has 0 N–H and O–H groups in total. The Morgan fingerprint density at radius 2 is 1.79 bits per heavy atom. The maximum absolute atomic E-state index is 14.8. The Hall–Kier alpha value is -3.03. The number of nitrogens with zero attached hydrogens (tertiary/aromatic N) is 6. The highest BCUT2D eigenvalue weighted by molar-refractivity contribution is 6.30. The molecule has 1 unspecified atom stereocenters. The van der Waals surface area contributed by atoms with Crippen LogP contribution in [0, 0.1) is 11.2 Å². The number of fused-ring (bicyclic) bond motifs is 1. The van der Waals surface area contributed by atoms with E-state index in [2.05, 4.69) is 21.8 Å². The number of benzene rings is 1. The molecule has 2 aliphatic rings. The summed E-state index contributed by atoms with van der Waals surface area (Å²) in [6.45, 7) is 4.29. The summed E-state index contributed by atoms with van der Waals surface area (Å²) in [7, 11) is 2.20. The zero-order chi connectivity index (χ0) is 22.6. The third kappa shape index (κ3) is 3.56. The Kier molecular flexibility index (Phi) is 4.85. The second kappa shape index (κ2) is 7.78. The molecule has 2 saturated heterocycles. The van der Waals surface area contributed by atoms with Crippen molar-refractivity contribution in [1.29, 1.82) is 0 Å². The second-order valence-corrected chi connectivity index (χ2v) is 9.71. The lowest BCUT2D eigenvalue weighted by Crippen LogP contribution is -2.30. The first-order valence-electron chi connectivity index (χ1n) is 11.2. The van der Waals surface area contributed by atoms with E-state index in [-0.39, 0.29) is 5.82 Å². The maximum Gasteiger partial charge on any atom is 0.167 e. The number of aromatic nitrogens is 4. The summed E-state index contributed by atoms with van der Waals surface area (Å²) in [6, 6.07) is 12.3. The molecule has 1 aromatic carbocycles. The van der Waals surface area contributed by atoms with Crippen LogP contribution in [0.2, 0.25) is 5.02 Å². The molecule has 5 heterocycles. The van der Waals surface area contributed by atoms with Crippen LogP contribution in [-0.4, -0.2) is 57.6 Å². The highest BCUT2D eigenvalue weighted by atomic mass is 35.5. The molecule has 2 fully saturated rings. The maximum atomic E-state index is 14.8. The first-order chi connectivity index (χ1) is 16.0. The molecule has 6 nitrogen and oxygen atoms in total. The van der Waals surface area contributed by atoms with Crippen molar-refractivity contribution in [2.45, 2.75) is 12.8 Å². The Morgan fingerprint density at radius 1 is 0.970 bits per heavy atom. The molecule has 0 aliphatic carbocycles. The summed E-state index contributed by atoms with van der Waals surface area (Å²) in [4.78, 5) is 18.7. The average Bonchev–Trinajstić information content (AvgIpc) is 3.52. The van der Waals surface area contributed by atoms with Gasteiger partial charge in [0.1, 0.15) is 23.0 Å². The summed E-state index contributed by atoms with van der Waals surface area (Å²) in [5.41, 5.74) is 2.91. The minimum Gasteiger partial charge on any atom is -0.356 e. The van der Waals surface area contributed by atoms with Gasteiger partial charge in [-0.25, -0.2) is 14.4 Å². The highest BCUT2D eigenvalue weighted by Crippen LogP contribution is 2.40. The normalized spacial score (nSPS) is 21.0. The van der Waals surface area contributed by atoms with Crippen LogP contribution in [0.3, 0.4) is 0 Å². The van der Waals surface area contributed by atoms with Crippen molar-refractivity contribution in [3.05, 3.63) is 65.7 Å². The van der Waals surface area contributed by atoms with Crippen molar-refractivity contribution in [1.82, 2.24) is 24.4 Å². The van der Waals surface area contributed by atoms with Gasteiger partial charge < -0.3 is 9.80 Å². The van der Waals surface area contributed by atoms with E-state index in [1.165, 1.54) is 18.9 Å². The fourth-order valence-electron chi connectivity index (χ4n) is 5.33. The summed E-state index contributed by atoms with van der Waals surface area (Å²) in [6.07, 6.45) is 5.84. The molecule has 1 atom stereocenters. The summed E-state index contributed by atoms with van der Waals surface area (Å²) in [5.74, 6) is 1.02. The molecule has 2 aliphatic heterocycles. The van der Waals surface area contributed by atoms with Crippen LogP contribution in [0.15, 0.2) is 54.9 Å². The molecule has 168 valence electrons. The van der Waals surface area contributed by atoms with E-state index in [1.54, 1.807) is 24.5 Å². The van der Waals surface area contributed by atoms with Gasteiger partial charge in [0.15, 0.2) is 5.65 Å². The molecule has 8 heteroatoms. The van der Waals surface area contributed by atoms with Crippen molar-refractivity contribution in [2.24, 2.45) is 5.41 Å². The SMILES string of the molecule is CN1CCC2(CCN(c3ccc4nc(-c5cc(Cl)ccc5F)n(-c5ccncc5)c4n3)C2)C1. The van der Waals surface area contributed by atoms with Crippen LogP contribution in [0.4, 0.5) is 10.2 Å². The van der Waals surface area contributed by atoms with Gasteiger partial charge in [0.05, 0.1) is 11.3 Å². The monoisotopic (exact) mass is 462 g/mol. The van der Waals surface area contributed by atoms with Crippen LogP contribution in [0.1, 0.15) is 12.8 Å². The number of halogens is 2. The molecular weight excluding hydrogens is 439 g/mol. The number of anilines is 1. The lowest BCUT2D eigenvalue weighted by molar-refractivity contribution is 0.312. The van der Waals surface area contributed by atoms with Crippen molar-refractivity contribution < 1.29 is 4.39 Å². The molecule has 1 spiro atoms. The van der Waals surface area contributed by atoms with Gasteiger partial charge >= 0.3 is 0 Å². The van der Waals surface area contributed by atoms with Crippen LogP contribution in [-0.2, 0) is 0 Å². The summed E-state index contributed by atoms with van der Waals surface area (Å²) >= 11 is 6.21. The molecule has 0 bridgehead atoms. The standard InChI is InChI=1S/C25H24ClFN6/c1-31-12-8-25(15-31)9-13-32(16-25)22-5-4-21-24(30-22)33(18-6-10-28-11-7-18)23(29-21)19-14-17(26)2-3-20(19)27/h2-7,10-11,14H,8-9,12-13,15-16H2,1H3. The third-order valence-electron chi connectivity index (χ3n) is 6.97. The first kappa shape index (κ1) is 20.6. The van der Waals surface area contributed by atoms with Gasteiger partial charge in [-0.3, -0.25) is 9.55 Å². The van der Waals surface area contributed by atoms with Crippen LogP contribution < -0.4 is 4.90 Å². The number of pyridine rings is 2. The van der Waals surface area contributed by atoms with Crippen molar-refractivity contribution in [3.63, 3.8) is 0 Å². The topological polar surface area (TPSA) is 50.1 Å². The van der Waals surface area contributed by atoms with E-state index >= 15 is 0 Å². The molecule has 3 aromatic heterocycles. The van der Waals surface area contributed by atoms with Crippen LogP contribution in [0.5, 0.6) is 0 Å². The molecule has 0 saturated carbocycles. The van der Waals surface area contributed by atoms with Crippen molar-refractivity contribution in [2.75, 3.05) is 38.1 Å². The van der Waals surface area contributed by atoms with E-state index in [0.29, 0.717) is 33.0 Å². The van der Waals surface area contributed by atoms with Gasteiger partial charge in [-0.2, -0.15) is 0 Å². The van der Waals surface area contributed by atoms with E-state index in [0.717, 1.165) is 37.7 Å². The molecular formula is C25H24ClFN6. The Bertz CT molecular complexity index is 1340. The van der Waals surface area contributed by atoms with Crippen LogP contribution >= 0.6 is 11.6 Å². The third-order valence-corrected chi connectivity index (χ3v) is 7.21. The largest absolute Gasteiger partial charge is 0.356 e. The van der Waals surface area contributed by atoms with Crippen molar-refractivity contribution in [3.8, 4) is 17.1 Å². The van der Waals surface area contributed by atoms with Gasteiger partial charge in [0.2, 0.25) is 0 Å². The predicted octanol–water partition coefficient (Wildman–Crippen LogP) is 4.81. The minimum absolute atomic E-state index is 0.341. The molecule has 4 aromatic rings. The smallest absolute Gasteiger partial charge is 0.167 e. The lowest BCUT2D eigenvalue weighted by atomic mass is 9.86. The quantitative estimate of drug-likeness (QED) is 0.437.